The van der Waals surface area contributed by atoms with Gasteiger partial charge in [-0.2, -0.15) is 5.10 Å². The van der Waals surface area contributed by atoms with Crippen LogP contribution in [0.15, 0.2) is 24.7 Å². The SMILES string of the molecule is CNc1cc(C(=O)NCc2ncn[nH]2)ccn1. The number of H-pyrrole nitrogens is 1. The van der Waals surface area contributed by atoms with E-state index in [-0.39, 0.29) is 5.91 Å². The fraction of sp³-hybridized carbons (Fsp3) is 0.200. The van der Waals surface area contributed by atoms with Crippen LogP contribution < -0.4 is 10.6 Å². The van der Waals surface area contributed by atoms with Crippen LogP contribution in [0.4, 0.5) is 5.82 Å². The number of aromatic nitrogens is 4. The molecule has 0 aliphatic carbocycles. The molecule has 0 aromatic carbocycles. The Morgan fingerprint density at radius 2 is 2.35 bits per heavy atom. The van der Waals surface area contributed by atoms with E-state index < -0.39 is 0 Å². The largest absolute Gasteiger partial charge is 0.373 e. The molecular formula is C10H12N6O. The number of rotatable bonds is 4. The highest BCUT2D eigenvalue weighted by atomic mass is 16.1. The third-order valence-corrected chi connectivity index (χ3v) is 2.16. The number of carbonyl (C=O) groups excluding carboxylic acids is 1. The first-order valence-electron chi connectivity index (χ1n) is 5.06. The third kappa shape index (κ3) is 2.77. The Labute approximate surface area is 97.7 Å². The molecule has 0 saturated carbocycles. The molecule has 7 nitrogen and oxygen atoms in total. The van der Waals surface area contributed by atoms with Crippen LogP contribution in [0.1, 0.15) is 16.2 Å². The van der Waals surface area contributed by atoms with Gasteiger partial charge in [-0.15, -0.1) is 0 Å². The van der Waals surface area contributed by atoms with Gasteiger partial charge in [-0.3, -0.25) is 9.89 Å². The van der Waals surface area contributed by atoms with Crippen molar-refractivity contribution < 1.29 is 4.79 Å². The van der Waals surface area contributed by atoms with Crippen LogP contribution in [-0.4, -0.2) is 33.1 Å². The second kappa shape index (κ2) is 5.06. The summed E-state index contributed by atoms with van der Waals surface area (Å²) in [4.78, 5) is 19.7. The summed E-state index contributed by atoms with van der Waals surface area (Å²) in [6.07, 6.45) is 2.97. The van der Waals surface area contributed by atoms with Crippen molar-refractivity contribution in [1.82, 2.24) is 25.5 Å². The number of pyridine rings is 1. The molecule has 7 heteroatoms. The van der Waals surface area contributed by atoms with E-state index in [9.17, 15) is 4.79 Å². The maximum Gasteiger partial charge on any atom is 0.251 e. The minimum atomic E-state index is -0.180. The van der Waals surface area contributed by atoms with Crippen LogP contribution in [0.25, 0.3) is 0 Å². The Kier molecular flexibility index (Phi) is 3.29. The lowest BCUT2D eigenvalue weighted by atomic mass is 10.2. The highest BCUT2D eigenvalue weighted by Gasteiger charge is 2.06. The zero-order valence-electron chi connectivity index (χ0n) is 9.27. The van der Waals surface area contributed by atoms with Gasteiger partial charge in [0.1, 0.15) is 18.0 Å². The molecule has 88 valence electrons. The molecule has 2 aromatic rings. The summed E-state index contributed by atoms with van der Waals surface area (Å²) in [7, 11) is 1.75. The van der Waals surface area contributed by atoms with E-state index >= 15 is 0 Å². The Balaban J connectivity index is 1.99. The van der Waals surface area contributed by atoms with Gasteiger partial charge in [0.2, 0.25) is 0 Å². The van der Waals surface area contributed by atoms with Crippen molar-refractivity contribution in [3.63, 3.8) is 0 Å². The van der Waals surface area contributed by atoms with Crippen molar-refractivity contribution >= 4 is 11.7 Å². The average molecular weight is 232 g/mol. The predicted molar refractivity (Wildman–Crippen MR) is 61.3 cm³/mol. The first kappa shape index (κ1) is 11.1. The summed E-state index contributed by atoms with van der Waals surface area (Å²) >= 11 is 0. The van der Waals surface area contributed by atoms with Gasteiger partial charge in [0, 0.05) is 18.8 Å². The number of nitrogens with one attached hydrogen (secondary N) is 3. The normalized spacial score (nSPS) is 9.94. The summed E-state index contributed by atoms with van der Waals surface area (Å²) in [6.45, 7) is 0.316. The molecule has 1 amide bonds. The minimum absolute atomic E-state index is 0.180. The van der Waals surface area contributed by atoms with Gasteiger partial charge in [-0.25, -0.2) is 9.97 Å². The predicted octanol–water partition coefficient (Wildman–Crippen LogP) is 0.171. The van der Waals surface area contributed by atoms with Crippen molar-refractivity contribution in [2.45, 2.75) is 6.54 Å². The van der Waals surface area contributed by atoms with Crippen molar-refractivity contribution in [2.75, 3.05) is 12.4 Å². The Bertz CT molecular complexity index is 495. The standard InChI is InChI=1S/C10H12N6O/c1-11-8-4-7(2-3-12-8)10(17)13-5-9-14-6-15-16-9/h2-4,6H,5H2,1H3,(H,11,12)(H,13,17)(H,14,15,16). The van der Waals surface area contributed by atoms with Crippen LogP contribution in [0, 0.1) is 0 Å². The zero-order valence-corrected chi connectivity index (χ0v) is 9.27. The second-order valence-electron chi connectivity index (χ2n) is 3.29. The molecule has 0 aliphatic rings. The fourth-order valence-electron chi connectivity index (χ4n) is 1.29. The molecule has 0 radical (unpaired) electrons. The van der Waals surface area contributed by atoms with Gasteiger partial charge in [0.15, 0.2) is 0 Å². The Hall–Kier alpha value is -2.44. The van der Waals surface area contributed by atoms with Crippen molar-refractivity contribution in [1.29, 1.82) is 0 Å². The van der Waals surface area contributed by atoms with E-state index in [4.69, 9.17) is 0 Å². The van der Waals surface area contributed by atoms with E-state index in [1.807, 2.05) is 0 Å². The highest BCUT2D eigenvalue weighted by molar-refractivity contribution is 5.94. The van der Waals surface area contributed by atoms with E-state index in [1.54, 1.807) is 25.4 Å². The molecule has 17 heavy (non-hydrogen) atoms. The number of anilines is 1. The number of aromatic amines is 1. The molecule has 0 bridgehead atoms. The number of hydrogen-bond acceptors (Lipinski definition) is 5. The van der Waals surface area contributed by atoms with Gasteiger partial charge >= 0.3 is 0 Å². The summed E-state index contributed by atoms with van der Waals surface area (Å²) < 4.78 is 0. The molecule has 2 heterocycles. The molecule has 0 spiro atoms. The molecule has 2 aromatic heterocycles. The van der Waals surface area contributed by atoms with Crippen LogP contribution >= 0.6 is 0 Å². The summed E-state index contributed by atoms with van der Waals surface area (Å²) in [5, 5.41) is 12.0. The smallest absolute Gasteiger partial charge is 0.251 e. The zero-order chi connectivity index (χ0) is 12.1. The monoisotopic (exact) mass is 232 g/mol. The first-order chi connectivity index (χ1) is 8.29. The van der Waals surface area contributed by atoms with Gasteiger partial charge in [-0.05, 0) is 12.1 Å². The number of nitrogens with zero attached hydrogens (tertiary/aromatic N) is 3. The second-order valence-corrected chi connectivity index (χ2v) is 3.29. The summed E-state index contributed by atoms with van der Waals surface area (Å²) in [6, 6.07) is 3.33. The average Bonchev–Trinajstić information content (AvgIpc) is 2.89. The quantitative estimate of drug-likeness (QED) is 0.698. The maximum absolute atomic E-state index is 11.8. The van der Waals surface area contributed by atoms with E-state index in [1.165, 1.54) is 6.33 Å². The van der Waals surface area contributed by atoms with Crippen molar-refractivity contribution in [2.24, 2.45) is 0 Å². The highest BCUT2D eigenvalue weighted by Crippen LogP contribution is 2.05. The van der Waals surface area contributed by atoms with Gasteiger partial charge in [0.05, 0.1) is 6.54 Å². The van der Waals surface area contributed by atoms with Gasteiger partial charge < -0.3 is 10.6 Å². The molecule has 0 aliphatic heterocycles. The molecule has 0 atom stereocenters. The number of hydrogen-bond donors (Lipinski definition) is 3. The number of amides is 1. The molecular weight excluding hydrogens is 220 g/mol. The van der Waals surface area contributed by atoms with E-state index in [0.29, 0.717) is 23.8 Å². The van der Waals surface area contributed by atoms with Crippen LogP contribution in [-0.2, 0) is 6.54 Å². The minimum Gasteiger partial charge on any atom is -0.373 e. The van der Waals surface area contributed by atoms with Gasteiger partial charge in [0.25, 0.3) is 5.91 Å². The Morgan fingerprint density at radius 3 is 3.06 bits per heavy atom. The van der Waals surface area contributed by atoms with Gasteiger partial charge in [-0.1, -0.05) is 0 Å². The first-order valence-corrected chi connectivity index (χ1v) is 5.06. The fourth-order valence-corrected chi connectivity index (χ4v) is 1.29. The van der Waals surface area contributed by atoms with Crippen LogP contribution in [0.2, 0.25) is 0 Å². The lowest BCUT2D eigenvalue weighted by Gasteiger charge is -2.04. The lowest BCUT2D eigenvalue weighted by Crippen LogP contribution is -2.23. The lowest BCUT2D eigenvalue weighted by molar-refractivity contribution is 0.0950. The number of carbonyl (C=O) groups is 1. The molecule has 3 N–H and O–H groups in total. The third-order valence-electron chi connectivity index (χ3n) is 2.16. The molecule has 0 saturated heterocycles. The Morgan fingerprint density at radius 1 is 1.47 bits per heavy atom. The van der Waals surface area contributed by atoms with Crippen molar-refractivity contribution in [3.8, 4) is 0 Å². The van der Waals surface area contributed by atoms with E-state index in [0.717, 1.165) is 0 Å². The molecule has 0 unspecified atom stereocenters. The van der Waals surface area contributed by atoms with Crippen LogP contribution in [0.3, 0.4) is 0 Å². The summed E-state index contributed by atoms with van der Waals surface area (Å²) in [5.74, 6) is 1.08. The molecule has 0 fully saturated rings. The maximum atomic E-state index is 11.8. The topological polar surface area (TPSA) is 95.6 Å². The molecule has 2 rings (SSSR count). The summed E-state index contributed by atoms with van der Waals surface area (Å²) in [5.41, 5.74) is 0.545. The van der Waals surface area contributed by atoms with Crippen molar-refractivity contribution in [3.05, 3.63) is 36.0 Å². The van der Waals surface area contributed by atoms with E-state index in [2.05, 4.69) is 30.8 Å². The van der Waals surface area contributed by atoms with Crippen LogP contribution in [0.5, 0.6) is 0 Å².